The highest BCUT2D eigenvalue weighted by atomic mass is 19.4. The molecule has 1 heterocycles. The number of nitrogens with zero attached hydrogens (tertiary/aromatic N) is 2. The van der Waals surface area contributed by atoms with Gasteiger partial charge in [0, 0.05) is 18.5 Å². The molecule has 4 rings (SSSR count). The van der Waals surface area contributed by atoms with Gasteiger partial charge in [-0.3, -0.25) is 5.01 Å². The smallest absolute Gasteiger partial charge is 0.292 e. The quantitative estimate of drug-likeness (QED) is 0.742. The fourth-order valence-electron chi connectivity index (χ4n) is 3.88. The van der Waals surface area contributed by atoms with Gasteiger partial charge >= 0.3 is 6.18 Å². The molecule has 0 saturated carbocycles. The molecule has 0 fully saturated rings. The monoisotopic (exact) mass is 330 g/mol. The molecule has 2 nitrogen and oxygen atoms in total. The van der Waals surface area contributed by atoms with Gasteiger partial charge in [0.2, 0.25) is 0 Å². The van der Waals surface area contributed by atoms with Crippen molar-refractivity contribution < 1.29 is 13.2 Å². The van der Waals surface area contributed by atoms with Gasteiger partial charge in [-0.05, 0) is 36.1 Å². The van der Waals surface area contributed by atoms with E-state index in [4.69, 9.17) is 5.10 Å². The molecule has 1 aliphatic carbocycles. The Morgan fingerprint density at radius 2 is 1.75 bits per heavy atom. The topological polar surface area (TPSA) is 15.6 Å². The zero-order chi connectivity index (χ0) is 16.9. The Hall–Kier alpha value is -2.30. The van der Waals surface area contributed by atoms with Crippen molar-refractivity contribution in [1.82, 2.24) is 5.01 Å². The first kappa shape index (κ1) is 15.2. The summed E-state index contributed by atoms with van der Waals surface area (Å²) < 4.78 is 38.3. The third kappa shape index (κ3) is 2.39. The molecule has 0 aromatic heterocycles. The van der Waals surface area contributed by atoms with Gasteiger partial charge in [-0.15, -0.1) is 0 Å². The number of hydrazone groups is 1. The molecule has 2 aliphatic rings. The third-order valence-electron chi connectivity index (χ3n) is 5.00. The van der Waals surface area contributed by atoms with E-state index in [1.54, 1.807) is 12.1 Å². The van der Waals surface area contributed by atoms with Gasteiger partial charge in [-0.25, -0.2) is 0 Å². The van der Waals surface area contributed by atoms with E-state index in [0.29, 0.717) is 0 Å². The molecule has 0 N–H and O–H groups in total. The fraction of sp³-hybridized carbons (Fsp3) is 0.316. The van der Waals surface area contributed by atoms with Crippen LogP contribution in [-0.4, -0.2) is 17.8 Å². The molecule has 0 saturated heterocycles. The Balaban J connectivity index is 1.67. The molecule has 0 bridgehead atoms. The molecule has 0 amide bonds. The summed E-state index contributed by atoms with van der Waals surface area (Å²) in [5, 5.41) is 6.60. The molecule has 0 spiro atoms. The van der Waals surface area contributed by atoms with Crippen molar-refractivity contribution in [3.05, 3.63) is 70.8 Å². The van der Waals surface area contributed by atoms with Crippen molar-refractivity contribution in [2.24, 2.45) is 11.0 Å². The van der Waals surface area contributed by atoms with Crippen molar-refractivity contribution in [3.8, 4) is 0 Å². The zero-order valence-corrected chi connectivity index (χ0v) is 13.2. The molecular weight excluding hydrogens is 313 g/mol. The maximum atomic E-state index is 12.8. The van der Waals surface area contributed by atoms with Crippen LogP contribution in [0, 0.1) is 5.92 Å². The molecule has 2 aromatic rings. The van der Waals surface area contributed by atoms with Crippen LogP contribution >= 0.6 is 0 Å². The van der Waals surface area contributed by atoms with Gasteiger partial charge in [0.15, 0.2) is 0 Å². The second kappa shape index (κ2) is 5.36. The molecule has 2 aromatic carbocycles. The standard InChI is InChI=1S/C19H17F3N2/c1-24-18(13-6-9-14(10-7-13)19(20,21)22)16-11-8-12-4-2-3-5-15(12)17(16)23-24/h2-7,9-10,16,18H,8,11H2,1H3/t16-,18-/m1/s1. The van der Waals surface area contributed by atoms with Gasteiger partial charge < -0.3 is 0 Å². The Morgan fingerprint density at radius 1 is 1.04 bits per heavy atom. The van der Waals surface area contributed by atoms with Crippen molar-refractivity contribution in [1.29, 1.82) is 0 Å². The van der Waals surface area contributed by atoms with E-state index >= 15 is 0 Å². The summed E-state index contributed by atoms with van der Waals surface area (Å²) in [5.41, 5.74) is 3.81. The van der Waals surface area contributed by atoms with Crippen molar-refractivity contribution in [2.45, 2.75) is 25.1 Å². The minimum atomic E-state index is -4.30. The van der Waals surface area contributed by atoms with E-state index < -0.39 is 11.7 Å². The Morgan fingerprint density at radius 3 is 2.46 bits per heavy atom. The Labute approximate surface area is 138 Å². The van der Waals surface area contributed by atoms with Crippen LogP contribution in [0.25, 0.3) is 0 Å². The number of hydrogen-bond donors (Lipinski definition) is 0. The molecule has 0 unspecified atom stereocenters. The molecule has 24 heavy (non-hydrogen) atoms. The number of aryl methyl sites for hydroxylation is 1. The maximum Gasteiger partial charge on any atom is 0.416 e. The second-order valence-electron chi connectivity index (χ2n) is 6.43. The lowest BCUT2D eigenvalue weighted by Crippen LogP contribution is -2.27. The van der Waals surface area contributed by atoms with Crippen LogP contribution in [0.1, 0.15) is 34.7 Å². The normalized spacial score (nSPS) is 22.8. The van der Waals surface area contributed by atoms with Crippen LogP contribution in [0.4, 0.5) is 13.2 Å². The maximum absolute atomic E-state index is 12.8. The highest BCUT2D eigenvalue weighted by molar-refractivity contribution is 6.05. The van der Waals surface area contributed by atoms with E-state index in [2.05, 4.69) is 12.1 Å². The number of benzene rings is 2. The third-order valence-corrected chi connectivity index (χ3v) is 5.00. The van der Waals surface area contributed by atoms with Crippen LogP contribution < -0.4 is 0 Å². The Kier molecular flexibility index (Phi) is 3.41. The highest BCUT2D eigenvalue weighted by Crippen LogP contribution is 2.42. The molecule has 5 heteroatoms. The van der Waals surface area contributed by atoms with Gasteiger partial charge in [0.25, 0.3) is 0 Å². The van der Waals surface area contributed by atoms with Crippen molar-refractivity contribution in [3.63, 3.8) is 0 Å². The first-order valence-electron chi connectivity index (χ1n) is 8.02. The predicted molar refractivity (Wildman–Crippen MR) is 86.7 cm³/mol. The van der Waals surface area contributed by atoms with Crippen LogP contribution in [0.15, 0.2) is 53.6 Å². The largest absolute Gasteiger partial charge is 0.416 e. The van der Waals surface area contributed by atoms with E-state index in [9.17, 15) is 13.2 Å². The lowest BCUT2D eigenvalue weighted by molar-refractivity contribution is -0.137. The van der Waals surface area contributed by atoms with Gasteiger partial charge in [0.1, 0.15) is 0 Å². The van der Waals surface area contributed by atoms with Gasteiger partial charge in [-0.2, -0.15) is 18.3 Å². The molecule has 1 aliphatic heterocycles. The minimum absolute atomic E-state index is 0.00404. The van der Waals surface area contributed by atoms with E-state index in [1.807, 2.05) is 24.2 Å². The first-order chi connectivity index (χ1) is 11.4. The first-order valence-corrected chi connectivity index (χ1v) is 8.02. The number of alkyl halides is 3. The van der Waals surface area contributed by atoms with Crippen LogP contribution in [0.3, 0.4) is 0 Å². The highest BCUT2D eigenvalue weighted by Gasteiger charge is 2.40. The number of hydrogen-bond acceptors (Lipinski definition) is 2. The lowest BCUT2D eigenvalue weighted by atomic mass is 9.77. The second-order valence-corrected chi connectivity index (χ2v) is 6.43. The average molecular weight is 330 g/mol. The van der Waals surface area contributed by atoms with Crippen molar-refractivity contribution >= 4 is 5.71 Å². The van der Waals surface area contributed by atoms with Crippen molar-refractivity contribution in [2.75, 3.05) is 7.05 Å². The number of halogens is 3. The summed E-state index contributed by atoms with van der Waals surface area (Å²) in [5.74, 6) is 0.224. The summed E-state index contributed by atoms with van der Waals surface area (Å²) in [7, 11) is 1.90. The van der Waals surface area contributed by atoms with Gasteiger partial charge in [0.05, 0.1) is 17.3 Å². The fourth-order valence-corrected chi connectivity index (χ4v) is 3.88. The summed E-state index contributed by atoms with van der Waals surface area (Å²) in [4.78, 5) is 0. The average Bonchev–Trinajstić information content (AvgIpc) is 2.90. The lowest BCUT2D eigenvalue weighted by Gasteiger charge is -2.29. The number of rotatable bonds is 1. The molecule has 2 atom stereocenters. The Bertz CT molecular complexity index is 793. The van der Waals surface area contributed by atoms with Crippen LogP contribution in [0.2, 0.25) is 0 Å². The summed E-state index contributed by atoms with van der Waals surface area (Å²) in [6, 6.07) is 13.8. The summed E-state index contributed by atoms with van der Waals surface area (Å²) >= 11 is 0. The minimum Gasteiger partial charge on any atom is -0.292 e. The molecular formula is C19H17F3N2. The number of fused-ring (bicyclic) bond motifs is 3. The van der Waals surface area contributed by atoms with E-state index in [-0.39, 0.29) is 12.0 Å². The predicted octanol–water partition coefficient (Wildman–Crippen LogP) is 4.66. The SMILES string of the molecule is CN1N=C2c3ccccc3CC[C@H]2[C@H]1c1ccc(C(F)(F)F)cc1. The molecule has 0 radical (unpaired) electrons. The van der Waals surface area contributed by atoms with Crippen LogP contribution in [-0.2, 0) is 12.6 Å². The van der Waals surface area contributed by atoms with Gasteiger partial charge in [-0.1, -0.05) is 36.4 Å². The summed E-state index contributed by atoms with van der Waals surface area (Å²) in [6.45, 7) is 0. The van der Waals surface area contributed by atoms with Crippen LogP contribution in [0.5, 0.6) is 0 Å². The van der Waals surface area contributed by atoms with E-state index in [0.717, 1.165) is 36.2 Å². The van der Waals surface area contributed by atoms with E-state index in [1.165, 1.54) is 11.1 Å². The summed E-state index contributed by atoms with van der Waals surface area (Å²) in [6.07, 6.45) is -2.36. The molecule has 124 valence electrons. The zero-order valence-electron chi connectivity index (χ0n) is 13.2.